The third-order valence-corrected chi connectivity index (χ3v) is 16.5. The molecule has 0 unspecified atom stereocenters. The highest BCUT2D eigenvalue weighted by molar-refractivity contribution is 7.13. The van der Waals surface area contributed by atoms with Crippen molar-refractivity contribution in [3.8, 4) is 39.3 Å². The molecule has 1 aliphatic carbocycles. The summed E-state index contributed by atoms with van der Waals surface area (Å²) in [5, 5.41) is 41.6. The molecule has 3 saturated heterocycles. The van der Waals surface area contributed by atoms with Crippen LogP contribution in [-0.2, 0) is 14.3 Å². The monoisotopic (exact) mass is 1080 g/mol. The van der Waals surface area contributed by atoms with E-state index in [1.807, 2.05) is 68.9 Å². The number of phenolic OH excluding ortho intramolecular Hbond substituents is 1. The third kappa shape index (κ3) is 11.5. The molecule has 78 heavy (non-hydrogen) atoms. The van der Waals surface area contributed by atoms with Gasteiger partial charge in [0.1, 0.15) is 36.1 Å². The van der Waals surface area contributed by atoms with Crippen molar-refractivity contribution < 1.29 is 38.5 Å². The van der Waals surface area contributed by atoms with Gasteiger partial charge in [-0.1, -0.05) is 26.0 Å². The Morgan fingerprint density at radius 1 is 0.897 bits per heavy atom. The number of pyridine rings is 1. The van der Waals surface area contributed by atoms with Crippen molar-refractivity contribution in [2.75, 3.05) is 56.5 Å². The van der Waals surface area contributed by atoms with Crippen LogP contribution >= 0.6 is 11.3 Å². The fraction of sp³-hybridized carbons (Fsp3) is 0.491. The number of hydrogen-bond acceptors (Lipinski definition) is 20. The topological polar surface area (TPSA) is 271 Å². The Labute approximate surface area is 455 Å². The number of nitrogens with zero attached hydrogens (tertiary/aromatic N) is 12. The fourth-order valence-electron chi connectivity index (χ4n) is 11.1. The summed E-state index contributed by atoms with van der Waals surface area (Å²) < 4.78 is 26.6. The van der Waals surface area contributed by atoms with Crippen molar-refractivity contribution in [2.45, 2.75) is 121 Å². The summed E-state index contributed by atoms with van der Waals surface area (Å²) in [4.78, 5) is 52.9. The number of fused-ring (bicyclic) bond motifs is 1. The van der Waals surface area contributed by atoms with Crippen LogP contribution in [0.15, 0.2) is 77.2 Å². The van der Waals surface area contributed by atoms with Gasteiger partial charge in [0.25, 0.3) is 5.88 Å². The number of aliphatic hydroxyl groups is 1. The molecule has 11 rings (SSSR count). The number of aromatic nitrogens is 9. The summed E-state index contributed by atoms with van der Waals surface area (Å²) in [7, 11) is 0. The molecule has 1 aromatic carbocycles. The Morgan fingerprint density at radius 3 is 2.45 bits per heavy atom. The first-order chi connectivity index (χ1) is 37.8. The highest BCUT2D eigenvalue weighted by Crippen LogP contribution is 2.37. The molecule has 0 radical (unpaired) electrons. The average molecular weight is 1080 g/mol. The minimum Gasteiger partial charge on any atom is -0.507 e. The number of carbonyl (C=O) groups is 2. The first-order valence-corrected chi connectivity index (χ1v) is 27.9. The van der Waals surface area contributed by atoms with Gasteiger partial charge in [0.15, 0.2) is 17.1 Å². The quantitative estimate of drug-likeness (QED) is 0.0736. The Balaban J connectivity index is 0.593. The number of amides is 2. The standard InChI is InChI=1S/C55H66N14O8S/c1-31(2)50(55(73)68-29-36(70)22-45(68)54(72)61-32(3)42-27-59-43(28-58-42)52-33(4)60-30-78-52)47-26-49(65-77-47)74-20-19-66-15-12-37(13-16-66)75-38-23-39(24-38)76-48-21-35(9-14-57-48)67-17-10-34(11-18-67)69-44-25-41(40-7-5-6-8-46(40)71)62-63-51(44)53(56)64-69/h5-9,14,21,25-28,30-32,34,36-39,45,50,70-71H,10-13,15-20,22-24,29H2,1-4H3,(H2,56,64)(H,61,72)/t32-,36+,38?,39?,45-,50-/m0/s1. The van der Waals surface area contributed by atoms with Crippen molar-refractivity contribution in [1.82, 2.24) is 60.2 Å². The Morgan fingerprint density at radius 2 is 1.71 bits per heavy atom. The lowest BCUT2D eigenvalue weighted by Gasteiger charge is -2.39. The van der Waals surface area contributed by atoms with E-state index < -0.39 is 24.1 Å². The molecule has 2 amide bonds. The molecule has 6 aromatic heterocycles. The van der Waals surface area contributed by atoms with Crippen molar-refractivity contribution in [2.24, 2.45) is 5.92 Å². The minimum atomic E-state index is -0.879. The van der Waals surface area contributed by atoms with E-state index in [0.29, 0.717) is 58.8 Å². The fourth-order valence-corrected chi connectivity index (χ4v) is 11.9. The number of nitrogens with one attached hydrogen (secondary N) is 1. The van der Waals surface area contributed by atoms with Gasteiger partial charge >= 0.3 is 0 Å². The van der Waals surface area contributed by atoms with E-state index in [1.165, 1.54) is 16.2 Å². The van der Waals surface area contributed by atoms with Gasteiger partial charge in [-0.2, -0.15) is 5.10 Å². The van der Waals surface area contributed by atoms with E-state index >= 15 is 0 Å². The zero-order valence-corrected chi connectivity index (χ0v) is 45.0. The molecule has 22 nitrogen and oxygen atoms in total. The first kappa shape index (κ1) is 52.7. The number of thiazole rings is 1. The summed E-state index contributed by atoms with van der Waals surface area (Å²) in [6.45, 7) is 12.1. The van der Waals surface area contributed by atoms with E-state index in [2.05, 4.69) is 55.5 Å². The molecule has 1 saturated carbocycles. The maximum Gasteiger partial charge on any atom is 0.254 e. The molecule has 23 heteroatoms. The van der Waals surface area contributed by atoms with Crippen LogP contribution in [0.4, 0.5) is 11.5 Å². The highest BCUT2D eigenvalue weighted by atomic mass is 32.1. The number of piperidine rings is 2. The van der Waals surface area contributed by atoms with Crippen molar-refractivity contribution in [3.63, 3.8) is 0 Å². The van der Waals surface area contributed by atoms with E-state index in [1.54, 1.807) is 36.1 Å². The summed E-state index contributed by atoms with van der Waals surface area (Å²) in [5.74, 6) is 0.0814. The second kappa shape index (κ2) is 22.9. The zero-order chi connectivity index (χ0) is 54.0. The van der Waals surface area contributed by atoms with Crippen LogP contribution in [0, 0.1) is 12.8 Å². The first-order valence-electron chi connectivity index (χ1n) is 27.0. The Bertz CT molecular complexity index is 3200. The number of likely N-dealkylation sites (tertiary alicyclic amines) is 2. The van der Waals surface area contributed by atoms with Gasteiger partial charge in [-0.25, -0.2) is 9.97 Å². The number of phenols is 1. The number of aryl methyl sites for hydroxylation is 1. The van der Waals surface area contributed by atoms with E-state index in [-0.39, 0.29) is 66.7 Å². The van der Waals surface area contributed by atoms with Gasteiger partial charge in [0, 0.05) is 88.1 Å². The van der Waals surface area contributed by atoms with Crippen LogP contribution in [0.1, 0.15) is 101 Å². The van der Waals surface area contributed by atoms with Crippen LogP contribution in [-0.4, -0.2) is 153 Å². The van der Waals surface area contributed by atoms with E-state index in [0.717, 1.165) is 86.5 Å². The number of hydrogen-bond donors (Lipinski definition) is 4. The molecular weight excluding hydrogens is 1020 g/mol. The molecule has 3 aliphatic heterocycles. The molecule has 7 aromatic rings. The number of benzene rings is 1. The maximum absolute atomic E-state index is 14.2. The molecule has 4 aliphatic rings. The largest absolute Gasteiger partial charge is 0.507 e. The van der Waals surface area contributed by atoms with Crippen LogP contribution in [0.3, 0.4) is 0 Å². The van der Waals surface area contributed by atoms with Crippen LogP contribution in [0.5, 0.6) is 17.5 Å². The number of β-amino-alcohol motifs (C(OH)–C–C–N with tert-alkyl or cyclic N) is 1. The molecule has 9 heterocycles. The summed E-state index contributed by atoms with van der Waals surface area (Å²) in [5.41, 5.74) is 13.8. The van der Waals surface area contributed by atoms with Crippen LogP contribution in [0.25, 0.3) is 32.9 Å². The summed E-state index contributed by atoms with van der Waals surface area (Å²) >= 11 is 1.49. The van der Waals surface area contributed by atoms with Crippen molar-refractivity contribution in [1.29, 1.82) is 0 Å². The Kier molecular flexibility index (Phi) is 15.5. The number of nitrogen functional groups attached to an aromatic ring is 1. The SMILES string of the molecule is Cc1ncsc1-c1cnc([C@H](C)NC(=O)[C@@H]2C[C@@H](O)CN2C(=O)[C@H](c2cc(OCCN3CCC(OC4CC(Oc5cc(N6CCC(n7nc(N)c8nnc(-c9ccccc9O)cc87)CC6)ccn5)C4)CC3)no2)C(C)C)cn1. The lowest BCUT2D eigenvalue weighted by atomic mass is 9.91. The van der Waals surface area contributed by atoms with Crippen molar-refractivity contribution in [3.05, 3.63) is 89.8 Å². The van der Waals surface area contributed by atoms with Gasteiger partial charge in [0.2, 0.25) is 17.7 Å². The molecule has 0 spiro atoms. The maximum atomic E-state index is 14.2. The number of aromatic hydroxyl groups is 1. The zero-order valence-electron chi connectivity index (χ0n) is 44.2. The molecule has 410 valence electrons. The Hall–Kier alpha value is -7.34. The van der Waals surface area contributed by atoms with Gasteiger partial charge in [-0.05, 0) is 74.9 Å². The second-order valence-electron chi connectivity index (χ2n) is 21.2. The summed E-state index contributed by atoms with van der Waals surface area (Å²) in [6.07, 6.45) is 9.94. The lowest BCUT2D eigenvalue weighted by molar-refractivity contribution is -0.141. The number of nitrogens with two attached hydrogens (primary N) is 1. The molecule has 4 fully saturated rings. The predicted octanol–water partition coefficient (Wildman–Crippen LogP) is 6.28. The normalized spacial score (nSPS) is 21.2. The smallest absolute Gasteiger partial charge is 0.254 e. The second-order valence-corrected chi connectivity index (χ2v) is 22.1. The molecule has 5 N–H and O–H groups in total. The average Bonchev–Trinajstić information content (AvgIpc) is 4.32. The van der Waals surface area contributed by atoms with Gasteiger partial charge < -0.3 is 49.8 Å². The number of ether oxygens (including phenoxy) is 3. The number of para-hydroxylation sites is 1. The number of aliphatic hydroxyl groups excluding tert-OH is 1. The van der Waals surface area contributed by atoms with Gasteiger partial charge in [-0.3, -0.25) is 29.1 Å². The van der Waals surface area contributed by atoms with Crippen LogP contribution < -0.4 is 25.4 Å². The van der Waals surface area contributed by atoms with Crippen molar-refractivity contribution >= 4 is 45.7 Å². The molecule has 0 bridgehead atoms. The lowest BCUT2D eigenvalue weighted by Crippen LogP contribution is -2.48. The number of rotatable bonds is 18. The minimum absolute atomic E-state index is 0.0234. The summed E-state index contributed by atoms with van der Waals surface area (Å²) in [6, 6.07) is 13.5. The van der Waals surface area contributed by atoms with E-state index in [4.69, 9.17) is 24.5 Å². The molecular formula is C55H66N14O8S. The van der Waals surface area contributed by atoms with E-state index in [9.17, 15) is 19.8 Å². The number of carbonyl (C=O) groups excluding carboxylic acids is 2. The predicted molar refractivity (Wildman–Crippen MR) is 290 cm³/mol. The number of anilines is 2. The highest BCUT2D eigenvalue weighted by Gasteiger charge is 2.44. The third-order valence-electron chi connectivity index (χ3n) is 15.5. The van der Waals surface area contributed by atoms with Gasteiger partial charge in [-0.15, -0.1) is 21.5 Å². The van der Waals surface area contributed by atoms with Gasteiger partial charge in [0.05, 0.1) is 75.8 Å². The van der Waals surface area contributed by atoms with Crippen LogP contribution in [0.2, 0.25) is 0 Å². The molecule has 4 atom stereocenters.